The highest BCUT2D eigenvalue weighted by molar-refractivity contribution is 6.31. The lowest BCUT2D eigenvalue weighted by molar-refractivity contribution is -0.155. The number of aromatic nitrogens is 2. The van der Waals surface area contributed by atoms with E-state index in [1.807, 2.05) is 0 Å². The van der Waals surface area contributed by atoms with Crippen molar-refractivity contribution in [2.75, 3.05) is 11.4 Å². The van der Waals surface area contributed by atoms with Crippen LogP contribution < -0.4 is 15.6 Å². The SMILES string of the molecule is O=C(NC(c1ccccc1Cl)C(F)(F)F)c1cn(-c2ccc(F)cc2F)c2nc(N3CC[C@@H](O)C3=O)ccc2c1=O. The Kier molecular flexibility index (Phi) is 7.26. The number of fused-ring (bicyclic) bond motifs is 1. The van der Waals surface area contributed by atoms with Crippen molar-refractivity contribution < 1.29 is 36.6 Å². The fourth-order valence-corrected chi connectivity index (χ4v) is 4.76. The smallest absolute Gasteiger partial charge is 0.383 e. The number of alkyl halides is 3. The average Bonchev–Trinajstić information content (AvgIpc) is 3.25. The van der Waals surface area contributed by atoms with E-state index in [1.54, 1.807) is 5.32 Å². The number of carbonyl (C=O) groups excluding carboxylic acids is 2. The third-order valence-electron chi connectivity index (χ3n) is 6.52. The molecule has 1 aliphatic heterocycles. The molecule has 2 aromatic heterocycles. The van der Waals surface area contributed by atoms with Gasteiger partial charge in [0, 0.05) is 35.8 Å². The summed E-state index contributed by atoms with van der Waals surface area (Å²) in [6.45, 7) is 0.0923. The number of benzene rings is 2. The summed E-state index contributed by atoms with van der Waals surface area (Å²) in [5.74, 6) is -4.19. The average molecular weight is 593 g/mol. The molecule has 212 valence electrons. The third-order valence-corrected chi connectivity index (χ3v) is 6.87. The zero-order valence-corrected chi connectivity index (χ0v) is 21.4. The molecule has 0 spiro atoms. The van der Waals surface area contributed by atoms with Crippen molar-refractivity contribution in [3.63, 3.8) is 0 Å². The number of nitrogens with one attached hydrogen (secondary N) is 1. The molecule has 1 fully saturated rings. The maximum absolute atomic E-state index is 14.9. The number of nitrogens with zero attached hydrogens (tertiary/aromatic N) is 3. The van der Waals surface area contributed by atoms with E-state index >= 15 is 0 Å². The van der Waals surface area contributed by atoms with Gasteiger partial charge in [0.1, 0.15) is 29.1 Å². The van der Waals surface area contributed by atoms with Gasteiger partial charge in [-0.25, -0.2) is 13.8 Å². The number of anilines is 1. The molecule has 2 aromatic carbocycles. The van der Waals surface area contributed by atoms with Crippen LogP contribution in [0, 0.1) is 11.6 Å². The fraction of sp³-hybridized carbons (Fsp3) is 0.185. The van der Waals surface area contributed by atoms with Crippen molar-refractivity contribution in [3.05, 3.63) is 98.8 Å². The van der Waals surface area contributed by atoms with Gasteiger partial charge in [-0.3, -0.25) is 23.9 Å². The zero-order chi connectivity index (χ0) is 29.6. The molecule has 0 radical (unpaired) electrons. The molecule has 2 amide bonds. The van der Waals surface area contributed by atoms with E-state index in [2.05, 4.69) is 4.98 Å². The largest absolute Gasteiger partial charge is 0.412 e. The molecule has 1 aliphatic rings. The molecule has 0 bridgehead atoms. The van der Waals surface area contributed by atoms with Gasteiger partial charge in [0.05, 0.1) is 11.1 Å². The molecule has 2 atom stereocenters. The van der Waals surface area contributed by atoms with E-state index in [4.69, 9.17) is 11.6 Å². The number of aliphatic hydroxyl groups is 1. The number of aliphatic hydroxyl groups excluding tert-OH is 1. The van der Waals surface area contributed by atoms with E-state index < -0.39 is 58.3 Å². The van der Waals surface area contributed by atoms with E-state index in [-0.39, 0.29) is 40.5 Å². The van der Waals surface area contributed by atoms with E-state index in [0.717, 1.165) is 33.9 Å². The van der Waals surface area contributed by atoms with Crippen molar-refractivity contribution in [3.8, 4) is 5.69 Å². The summed E-state index contributed by atoms with van der Waals surface area (Å²) >= 11 is 5.95. The van der Waals surface area contributed by atoms with Crippen LogP contribution in [0.4, 0.5) is 27.8 Å². The van der Waals surface area contributed by atoms with Gasteiger partial charge in [0.15, 0.2) is 11.7 Å². The zero-order valence-electron chi connectivity index (χ0n) is 20.6. The molecule has 8 nitrogen and oxygen atoms in total. The second kappa shape index (κ2) is 10.6. The van der Waals surface area contributed by atoms with Crippen LogP contribution >= 0.6 is 11.6 Å². The molecular formula is C27H18ClF5N4O4. The summed E-state index contributed by atoms with van der Waals surface area (Å²) in [7, 11) is 0. The van der Waals surface area contributed by atoms with Crippen molar-refractivity contribution in [2.24, 2.45) is 0 Å². The highest BCUT2D eigenvalue weighted by Gasteiger charge is 2.43. The Bertz CT molecular complexity index is 1760. The summed E-state index contributed by atoms with van der Waals surface area (Å²) < 4.78 is 71.5. The molecule has 3 heterocycles. The van der Waals surface area contributed by atoms with Crippen LogP contribution in [-0.2, 0) is 4.79 Å². The highest BCUT2D eigenvalue weighted by Crippen LogP contribution is 2.36. The maximum Gasteiger partial charge on any atom is 0.412 e. The van der Waals surface area contributed by atoms with E-state index in [9.17, 15) is 41.4 Å². The summed E-state index contributed by atoms with van der Waals surface area (Å²) in [5.41, 5.74) is -2.97. The standard InChI is InChI=1S/C27H18ClF5N4O4/c28-17-4-2-1-3-14(17)23(27(31,32)33)35-25(40)16-12-37(19-7-5-13(29)11-18(19)30)24-15(22(16)39)6-8-21(34-24)36-10-9-20(38)26(36)41/h1-8,11-12,20,23,38H,9-10H2,(H,35,40)/t20-,23?/m1/s1. The molecule has 0 aliphatic carbocycles. The van der Waals surface area contributed by atoms with Gasteiger partial charge in [-0.15, -0.1) is 0 Å². The first-order valence-corrected chi connectivity index (χ1v) is 12.4. The van der Waals surface area contributed by atoms with Crippen molar-refractivity contribution in [2.45, 2.75) is 24.7 Å². The van der Waals surface area contributed by atoms with Crippen LogP contribution in [0.5, 0.6) is 0 Å². The van der Waals surface area contributed by atoms with Gasteiger partial charge in [0.25, 0.3) is 11.8 Å². The topological polar surface area (TPSA) is 105 Å². The van der Waals surface area contributed by atoms with Crippen molar-refractivity contribution in [1.82, 2.24) is 14.9 Å². The fourth-order valence-electron chi connectivity index (χ4n) is 4.51. The Morgan fingerprint density at radius 1 is 1.10 bits per heavy atom. The van der Waals surface area contributed by atoms with Crippen LogP contribution in [0.15, 0.2) is 65.6 Å². The van der Waals surface area contributed by atoms with Gasteiger partial charge >= 0.3 is 6.18 Å². The predicted molar refractivity (Wildman–Crippen MR) is 138 cm³/mol. The lowest BCUT2D eigenvalue weighted by atomic mass is 10.1. The molecule has 14 heteroatoms. The third kappa shape index (κ3) is 5.25. The first-order chi connectivity index (χ1) is 19.4. The van der Waals surface area contributed by atoms with E-state index in [0.29, 0.717) is 6.07 Å². The first-order valence-electron chi connectivity index (χ1n) is 12.0. The molecular weight excluding hydrogens is 575 g/mol. The van der Waals surface area contributed by atoms with Crippen LogP contribution in [0.2, 0.25) is 5.02 Å². The lowest BCUT2D eigenvalue weighted by Crippen LogP contribution is -2.40. The molecule has 41 heavy (non-hydrogen) atoms. The summed E-state index contributed by atoms with van der Waals surface area (Å²) in [5, 5.41) is 11.0. The Labute approximate surface area is 232 Å². The minimum absolute atomic E-state index is 0.0113. The Balaban J connectivity index is 1.68. The van der Waals surface area contributed by atoms with Crippen molar-refractivity contribution >= 4 is 40.3 Å². The summed E-state index contributed by atoms with van der Waals surface area (Å²) in [6.07, 6.45) is -5.38. The van der Waals surface area contributed by atoms with Gasteiger partial charge in [-0.05, 0) is 30.3 Å². The molecule has 5 rings (SSSR count). The normalized spacial score (nSPS) is 16.3. The number of amides is 2. The maximum atomic E-state index is 14.9. The van der Waals surface area contributed by atoms with Crippen molar-refractivity contribution in [1.29, 1.82) is 0 Å². The minimum Gasteiger partial charge on any atom is -0.383 e. The van der Waals surface area contributed by atoms with Crippen LogP contribution in [-0.4, -0.2) is 45.3 Å². The monoisotopic (exact) mass is 592 g/mol. The van der Waals surface area contributed by atoms with Crippen LogP contribution in [0.1, 0.15) is 28.4 Å². The molecule has 0 saturated carbocycles. The van der Waals surface area contributed by atoms with Crippen LogP contribution in [0.3, 0.4) is 0 Å². The Morgan fingerprint density at radius 3 is 2.46 bits per heavy atom. The summed E-state index contributed by atoms with van der Waals surface area (Å²) in [4.78, 5) is 44.3. The second-order valence-corrected chi connectivity index (χ2v) is 9.55. The highest BCUT2D eigenvalue weighted by atomic mass is 35.5. The number of carbonyl (C=O) groups is 2. The molecule has 1 unspecified atom stereocenters. The Morgan fingerprint density at radius 2 is 1.83 bits per heavy atom. The predicted octanol–water partition coefficient (Wildman–Crippen LogP) is 4.45. The number of hydrogen-bond acceptors (Lipinski definition) is 5. The summed E-state index contributed by atoms with van der Waals surface area (Å²) in [6, 6.07) is 7.18. The molecule has 4 aromatic rings. The van der Waals surface area contributed by atoms with Gasteiger partial charge in [-0.2, -0.15) is 13.2 Å². The van der Waals surface area contributed by atoms with Gasteiger partial charge in [0.2, 0.25) is 5.43 Å². The molecule has 1 saturated heterocycles. The first kappa shape index (κ1) is 28.2. The Hall–Kier alpha value is -4.36. The number of halogens is 6. The van der Waals surface area contributed by atoms with Crippen LogP contribution in [0.25, 0.3) is 16.7 Å². The second-order valence-electron chi connectivity index (χ2n) is 9.14. The lowest BCUT2D eigenvalue weighted by Gasteiger charge is -2.23. The number of hydrogen-bond donors (Lipinski definition) is 2. The van der Waals surface area contributed by atoms with E-state index in [1.165, 1.54) is 30.3 Å². The quantitative estimate of drug-likeness (QED) is 0.333. The molecule has 2 N–H and O–H groups in total. The minimum atomic E-state index is -5.01. The number of rotatable bonds is 5. The number of pyridine rings is 2. The van der Waals surface area contributed by atoms with Gasteiger partial charge < -0.3 is 10.4 Å². The van der Waals surface area contributed by atoms with Gasteiger partial charge in [-0.1, -0.05) is 29.8 Å².